The molecular formula is C76H132O6. The summed E-state index contributed by atoms with van der Waals surface area (Å²) in [5.41, 5.74) is 0. The maximum absolute atomic E-state index is 12.9. The molecule has 0 amide bonds. The first kappa shape index (κ1) is 78.3. The van der Waals surface area contributed by atoms with Crippen LogP contribution in [-0.4, -0.2) is 37.2 Å². The van der Waals surface area contributed by atoms with Gasteiger partial charge in [0.15, 0.2) is 6.10 Å². The molecule has 472 valence electrons. The minimum Gasteiger partial charge on any atom is -0.462 e. The number of carbonyl (C=O) groups excluding carboxylic acids is 3. The molecule has 82 heavy (non-hydrogen) atoms. The van der Waals surface area contributed by atoms with Crippen molar-refractivity contribution in [1.29, 1.82) is 0 Å². The second kappa shape index (κ2) is 69.8. The summed E-state index contributed by atoms with van der Waals surface area (Å²) in [6, 6.07) is 0. The van der Waals surface area contributed by atoms with E-state index in [4.69, 9.17) is 14.2 Å². The van der Waals surface area contributed by atoms with Crippen molar-refractivity contribution in [2.45, 2.75) is 354 Å². The Morgan fingerprint density at radius 2 is 0.476 bits per heavy atom. The summed E-state index contributed by atoms with van der Waals surface area (Å²) < 4.78 is 16.9. The first-order chi connectivity index (χ1) is 40.5. The first-order valence-corrected chi connectivity index (χ1v) is 35.2. The summed E-state index contributed by atoms with van der Waals surface area (Å²) in [6.45, 7) is 6.49. The molecule has 0 saturated carbocycles. The van der Waals surface area contributed by atoms with Crippen LogP contribution >= 0.6 is 0 Å². The van der Waals surface area contributed by atoms with Crippen molar-refractivity contribution in [2.24, 2.45) is 0 Å². The van der Waals surface area contributed by atoms with Crippen LogP contribution in [0.4, 0.5) is 0 Å². The Morgan fingerprint density at radius 1 is 0.256 bits per heavy atom. The molecule has 0 radical (unpaired) electrons. The quantitative estimate of drug-likeness (QED) is 0.0261. The van der Waals surface area contributed by atoms with Gasteiger partial charge in [-0.15, -0.1) is 0 Å². The highest BCUT2D eigenvalue weighted by atomic mass is 16.6. The van der Waals surface area contributed by atoms with E-state index in [9.17, 15) is 14.4 Å². The predicted molar refractivity (Wildman–Crippen MR) is 357 cm³/mol. The molecule has 0 aromatic rings. The SMILES string of the molecule is CC/C=C\C/C=C\C/C=C\C/C=C\C/C=C\CCCCCCCCCCCCCCCCCC(=O)OCC(COC(=O)CCCCCCCC)OC(=O)CCCCCCCCCCCCCC/C=C\C/C=C\C/C=C\CCCCCCC. The van der Waals surface area contributed by atoms with E-state index in [1.165, 1.54) is 205 Å². The molecule has 0 fully saturated rings. The van der Waals surface area contributed by atoms with Crippen LogP contribution in [0.3, 0.4) is 0 Å². The van der Waals surface area contributed by atoms with Gasteiger partial charge in [-0.2, -0.15) is 0 Å². The van der Waals surface area contributed by atoms with Gasteiger partial charge in [-0.3, -0.25) is 14.4 Å². The molecule has 0 rings (SSSR count). The second-order valence-electron chi connectivity index (χ2n) is 23.4. The molecule has 0 N–H and O–H groups in total. The monoisotopic (exact) mass is 1140 g/mol. The van der Waals surface area contributed by atoms with E-state index >= 15 is 0 Å². The summed E-state index contributed by atoms with van der Waals surface area (Å²) in [7, 11) is 0. The number of hydrogen-bond acceptors (Lipinski definition) is 6. The van der Waals surface area contributed by atoms with Crippen molar-refractivity contribution in [2.75, 3.05) is 13.2 Å². The maximum Gasteiger partial charge on any atom is 0.306 e. The Hall–Kier alpha value is -3.67. The predicted octanol–water partition coefficient (Wildman–Crippen LogP) is 24.4. The third-order valence-corrected chi connectivity index (χ3v) is 15.3. The van der Waals surface area contributed by atoms with Crippen molar-refractivity contribution in [3.63, 3.8) is 0 Å². The van der Waals surface area contributed by atoms with Crippen LogP contribution in [0, 0.1) is 0 Å². The molecule has 6 heteroatoms. The number of ether oxygens (including phenoxy) is 3. The molecular weight excluding hydrogens is 1010 g/mol. The molecule has 0 aliphatic rings. The van der Waals surface area contributed by atoms with Crippen LogP contribution in [0.2, 0.25) is 0 Å². The van der Waals surface area contributed by atoms with E-state index < -0.39 is 6.10 Å². The minimum absolute atomic E-state index is 0.0748. The van der Waals surface area contributed by atoms with E-state index in [1.54, 1.807) is 0 Å². The Balaban J connectivity index is 4.03. The van der Waals surface area contributed by atoms with Crippen molar-refractivity contribution < 1.29 is 28.6 Å². The highest BCUT2D eigenvalue weighted by molar-refractivity contribution is 5.71. The fourth-order valence-electron chi connectivity index (χ4n) is 10.1. The molecule has 1 atom stereocenters. The van der Waals surface area contributed by atoms with Crippen LogP contribution < -0.4 is 0 Å². The number of allylic oxidation sites excluding steroid dienone is 16. The van der Waals surface area contributed by atoms with E-state index in [1.807, 2.05) is 0 Å². The molecule has 0 aromatic carbocycles. The van der Waals surface area contributed by atoms with Crippen molar-refractivity contribution >= 4 is 17.9 Å². The van der Waals surface area contributed by atoms with Gasteiger partial charge in [-0.05, 0) is 103 Å². The van der Waals surface area contributed by atoms with E-state index in [0.717, 1.165) is 103 Å². The van der Waals surface area contributed by atoms with Crippen LogP contribution in [0.25, 0.3) is 0 Å². The zero-order valence-electron chi connectivity index (χ0n) is 54.2. The smallest absolute Gasteiger partial charge is 0.306 e. The van der Waals surface area contributed by atoms with Crippen molar-refractivity contribution in [3.8, 4) is 0 Å². The molecule has 0 bridgehead atoms. The summed E-state index contributed by atoms with van der Waals surface area (Å²) in [4.78, 5) is 38.1. The lowest BCUT2D eigenvalue weighted by Gasteiger charge is -2.18. The Kier molecular flexibility index (Phi) is 66.7. The molecule has 0 heterocycles. The largest absolute Gasteiger partial charge is 0.462 e. The first-order valence-electron chi connectivity index (χ1n) is 35.2. The summed E-state index contributed by atoms with van der Waals surface area (Å²) in [5, 5.41) is 0. The maximum atomic E-state index is 12.9. The van der Waals surface area contributed by atoms with Crippen molar-refractivity contribution in [1.82, 2.24) is 0 Å². The van der Waals surface area contributed by atoms with E-state index in [2.05, 4.69) is 118 Å². The number of esters is 3. The average molecular weight is 1140 g/mol. The molecule has 0 spiro atoms. The van der Waals surface area contributed by atoms with Crippen LogP contribution in [-0.2, 0) is 28.6 Å². The zero-order valence-corrected chi connectivity index (χ0v) is 54.2. The van der Waals surface area contributed by atoms with Gasteiger partial charge < -0.3 is 14.2 Å². The normalized spacial score (nSPS) is 12.7. The van der Waals surface area contributed by atoms with E-state index in [-0.39, 0.29) is 31.1 Å². The fraction of sp³-hybridized carbons (Fsp3) is 0.750. The lowest BCUT2D eigenvalue weighted by molar-refractivity contribution is -0.167. The third kappa shape index (κ3) is 67.1. The van der Waals surface area contributed by atoms with Crippen LogP contribution in [0.15, 0.2) is 97.2 Å². The van der Waals surface area contributed by atoms with Gasteiger partial charge in [0.2, 0.25) is 0 Å². The number of rotatable bonds is 64. The van der Waals surface area contributed by atoms with Gasteiger partial charge in [0.1, 0.15) is 13.2 Å². The summed E-state index contributed by atoms with van der Waals surface area (Å²) >= 11 is 0. The number of carbonyl (C=O) groups is 3. The summed E-state index contributed by atoms with van der Waals surface area (Å²) in [6.07, 6.45) is 94.7. The van der Waals surface area contributed by atoms with Gasteiger partial charge >= 0.3 is 17.9 Å². The van der Waals surface area contributed by atoms with Gasteiger partial charge in [0, 0.05) is 19.3 Å². The van der Waals surface area contributed by atoms with Crippen LogP contribution in [0.1, 0.15) is 348 Å². The molecule has 6 nitrogen and oxygen atoms in total. The second-order valence-corrected chi connectivity index (χ2v) is 23.4. The van der Waals surface area contributed by atoms with Gasteiger partial charge in [0.25, 0.3) is 0 Å². The van der Waals surface area contributed by atoms with Gasteiger partial charge in [0.05, 0.1) is 0 Å². The van der Waals surface area contributed by atoms with Crippen LogP contribution in [0.5, 0.6) is 0 Å². The minimum atomic E-state index is -0.775. The lowest BCUT2D eigenvalue weighted by atomic mass is 10.0. The number of unbranched alkanes of at least 4 members (excludes halogenated alkanes) is 37. The van der Waals surface area contributed by atoms with Gasteiger partial charge in [-0.1, -0.05) is 323 Å². The summed E-state index contributed by atoms with van der Waals surface area (Å²) in [5.74, 6) is -0.872. The molecule has 0 aliphatic carbocycles. The van der Waals surface area contributed by atoms with Gasteiger partial charge in [-0.25, -0.2) is 0 Å². The van der Waals surface area contributed by atoms with Crippen molar-refractivity contribution in [3.05, 3.63) is 97.2 Å². The topological polar surface area (TPSA) is 78.9 Å². The molecule has 0 saturated heterocycles. The Morgan fingerprint density at radius 3 is 0.744 bits per heavy atom. The average Bonchev–Trinajstić information content (AvgIpc) is 3.47. The number of hydrogen-bond donors (Lipinski definition) is 0. The zero-order chi connectivity index (χ0) is 59.2. The molecule has 0 aliphatic heterocycles. The van der Waals surface area contributed by atoms with E-state index in [0.29, 0.717) is 19.3 Å². The molecule has 1 unspecified atom stereocenters. The Labute approximate surface area is 508 Å². The highest BCUT2D eigenvalue weighted by Gasteiger charge is 2.19. The highest BCUT2D eigenvalue weighted by Crippen LogP contribution is 2.17. The molecule has 0 aromatic heterocycles. The fourth-order valence-corrected chi connectivity index (χ4v) is 10.1. The standard InChI is InChI=1S/C76H132O6/c1-4-7-10-13-16-18-20-22-24-26-28-30-32-34-36-37-38-39-41-42-44-46-48-50-52-54-56-58-60-63-66-69-75(78)81-72-73(71-80-74(77)68-65-62-15-12-9-6-3)82-76(79)70-67-64-61-59-57-55-53-51-49-47-45-43-40-35-33-31-29-27-25-23-21-19-17-14-11-8-5-2/h7,10,16,18,21-24,27-30,33-36,73H,4-6,8-9,11-15,17,19-20,25-26,31-32,37-72H2,1-3H3/b10-7-,18-16-,23-21-,24-22-,29-27-,30-28-,35-33-,36-34-. The third-order valence-electron chi connectivity index (χ3n) is 15.3. The lowest BCUT2D eigenvalue weighted by Crippen LogP contribution is -2.30. The Bertz CT molecular complexity index is 1590.